The monoisotopic (exact) mass is 288 g/mol. The molecule has 0 bridgehead atoms. The highest BCUT2D eigenvalue weighted by Crippen LogP contribution is 2.20. The average Bonchev–Trinajstić information content (AvgIpc) is 2.55. The molecule has 0 unspecified atom stereocenters. The molecule has 0 amide bonds. The summed E-state index contributed by atoms with van der Waals surface area (Å²) < 4.78 is 0. The SMILES string of the molecule is CN1CCN(c2ccc(NCC3CCNCC3)cc2)CC1. The Morgan fingerprint density at radius 2 is 1.71 bits per heavy atom. The Balaban J connectivity index is 1.49. The molecule has 4 nitrogen and oxygen atoms in total. The van der Waals surface area contributed by atoms with E-state index in [2.05, 4.69) is 51.7 Å². The fourth-order valence-electron chi connectivity index (χ4n) is 3.20. The predicted molar refractivity (Wildman–Crippen MR) is 90.2 cm³/mol. The zero-order valence-electron chi connectivity index (χ0n) is 13.1. The number of likely N-dealkylation sites (N-methyl/N-ethyl adjacent to an activating group) is 1. The van der Waals surface area contributed by atoms with Crippen LogP contribution in [0.1, 0.15) is 12.8 Å². The normalized spacial score (nSPS) is 21.5. The van der Waals surface area contributed by atoms with Crippen LogP contribution in [0.3, 0.4) is 0 Å². The minimum absolute atomic E-state index is 0.823. The van der Waals surface area contributed by atoms with E-state index in [4.69, 9.17) is 0 Å². The van der Waals surface area contributed by atoms with E-state index >= 15 is 0 Å². The molecule has 1 aromatic carbocycles. The third kappa shape index (κ3) is 4.11. The molecule has 2 N–H and O–H groups in total. The van der Waals surface area contributed by atoms with Gasteiger partial charge in [-0.2, -0.15) is 0 Å². The maximum absolute atomic E-state index is 3.60. The first-order chi connectivity index (χ1) is 10.3. The molecule has 0 spiro atoms. The highest BCUT2D eigenvalue weighted by Gasteiger charge is 2.14. The van der Waals surface area contributed by atoms with Crippen molar-refractivity contribution in [2.45, 2.75) is 12.8 Å². The number of piperazine rings is 1. The molecule has 3 rings (SSSR count). The molecule has 116 valence electrons. The van der Waals surface area contributed by atoms with Gasteiger partial charge in [-0.05, 0) is 63.2 Å². The lowest BCUT2D eigenvalue weighted by atomic mass is 9.98. The highest BCUT2D eigenvalue weighted by molar-refractivity contribution is 5.55. The number of hydrogen-bond acceptors (Lipinski definition) is 4. The molecule has 0 radical (unpaired) electrons. The van der Waals surface area contributed by atoms with Gasteiger partial charge in [0.15, 0.2) is 0 Å². The smallest absolute Gasteiger partial charge is 0.0368 e. The number of anilines is 2. The molecule has 4 heteroatoms. The van der Waals surface area contributed by atoms with Gasteiger partial charge in [-0.15, -0.1) is 0 Å². The van der Waals surface area contributed by atoms with Gasteiger partial charge in [0.25, 0.3) is 0 Å². The van der Waals surface area contributed by atoms with Crippen LogP contribution in [-0.4, -0.2) is 57.8 Å². The average molecular weight is 288 g/mol. The fraction of sp³-hybridized carbons (Fsp3) is 0.647. The number of nitrogens with zero attached hydrogens (tertiary/aromatic N) is 2. The van der Waals surface area contributed by atoms with Gasteiger partial charge in [-0.25, -0.2) is 0 Å². The Bertz CT molecular complexity index is 417. The lowest BCUT2D eigenvalue weighted by molar-refractivity contribution is 0.313. The van der Waals surface area contributed by atoms with E-state index in [1.165, 1.54) is 37.3 Å². The van der Waals surface area contributed by atoms with E-state index in [9.17, 15) is 0 Å². The van der Waals surface area contributed by atoms with Crippen LogP contribution in [0.15, 0.2) is 24.3 Å². The molecule has 0 atom stereocenters. The Morgan fingerprint density at radius 3 is 2.38 bits per heavy atom. The standard InChI is InChI=1S/C17H28N4/c1-20-10-12-21(13-11-20)17-4-2-16(3-5-17)19-14-15-6-8-18-9-7-15/h2-5,15,18-19H,6-14H2,1H3. The van der Waals surface area contributed by atoms with Crippen molar-refractivity contribution in [1.82, 2.24) is 10.2 Å². The maximum Gasteiger partial charge on any atom is 0.0368 e. The van der Waals surface area contributed by atoms with Crippen LogP contribution in [0.2, 0.25) is 0 Å². The molecule has 0 aromatic heterocycles. The van der Waals surface area contributed by atoms with E-state index in [0.29, 0.717) is 0 Å². The summed E-state index contributed by atoms with van der Waals surface area (Å²) in [4.78, 5) is 4.88. The Hall–Kier alpha value is -1.26. The maximum atomic E-state index is 3.60. The lowest BCUT2D eigenvalue weighted by Crippen LogP contribution is -2.44. The van der Waals surface area contributed by atoms with Crippen LogP contribution >= 0.6 is 0 Å². The fourth-order valence-corrected chi connectivity index (χ4v) is 3.20. The second-order valence-corrected chi connectivity index (χ2v) is 6.41. The summed E-state index contributed by atoms with van der Waals surface area (Å²) in [6.07, 6.45) is 2.60. The van der Waals surface area contributed by atoms with E-state index < -0.39 is 0 Å². The van der Waals surface area contributed by atoms with E-state index in [1.54, 1.807) is 0 Å². The molecule has 0 saturated carbocycles. The molecule has 2 fully saturated rings. The molecule has 2 saturated heterocycles. The van der Waals surface area contributed by atoms with Crippen molar-refractivity contribution in [3.63, 3.8) is 0 Å². The largest absolute Gasteiger partial charge is 0.385 e. The van der Waals surface area contributed by atoms with Gasteiger partial charge in [-0.3, -0.25) is 0 Å². The van der Waals surface area contributed by atoms with Crippen LogP contribution in [-0.2, 0) is 0 Å². The van der Waals surface area contributed by atoms with Crippen LogP contribution in [0.4, 0.5) is 11.4 Å². The summed E-state index contributed by atoms with van der Waals surface area (Å²) in [6, 6.07) is 8.98. The van der Waals surface area contributed by atoms with Gasteiger partial charge in [0.2, 0.25) is 0 Å². The zero-order chi connectivity index (χ0) is 14.5. The highest BCUT2D eigenvalue weighted by atomic mass is 15.2. The molecular weight excluding hydrogens is 260 g/mol. The van der Waals surface area contributed by atoms with Crippen LogP contribution < -0.4 is 15.5 Å². The minimum Gasteiger partial charge on any atom is -0.385 e. The molecule has 2 aliphatic rings. The number of piperidine rings is 1. The molecule has 2 heterocycles. The number of hydrogen-bond donors (Lipinski definition) is 2. The van der Waals surface area contributed by atoms with Crippen molar-refractivity contribution in [3.05, 3.63) is 24.3 Å². The van der Waals surface area contributed by atoms with Gasteiger partial charge < -0.3 is 20.4 Å². The summed E-state index contributed by atoms with van der Waals surface area (Å²) in [6.45, 7) is 8.06. The quantitative estimate of drug-likeness (QED) is 0.885. The topological polar surface area (TPSA) is 30.5 Å². The van der Waals surface area contributed by atoms with E-state index in [1.807, 2.05) is 0 Å². The van der Waals surface area contributed by atoms with Gasteiger partial charge >= 0.3 is 0 Å². The third-order valence-corrected chi connectivity index (χ3v) is 4.79. The van der Waals surface area contributed by atoms with Gasteiger partial charge in [0.1, 0.15) is 0 Å². The van der Waals surface area contributed by atoms with Gasteiger partial charge in [0.05, 0.1) is 0 Å². The van der Waals surface area contributed by atoms with Crippen LogP contribution in [0, 0.1) is 5.92 Å². The van der Waals surface area contributed by atoms with Crippen molar-refractivity contribution >= 4 is 11.4 Å². The number of rotatable bonds is 4. The first-order valence-electron chi connectivity index (χ1n) is 8.29. The second-order valence-electron chi connectivity index (χ2n) is 6.41. The zero-order valence-corrected chi connectivity index (χ0v) is 13.1. The molecule has 21 heavy (non-hydrogen) atoms. The molecule has 0 aliphatic carbocycles. The summed E-state index contributed by atoms with van der Waals surface area (Å²) in [5.74, 6) is 0.823. The molecule has 1 aromatic rings. The van der Waals surface area contributed by atoms with E-state index in [0.717, 1.165) is 38.6 Å². The lowest BCUT2D eigenvalue weighted by Gasteiger charge is -2.34. The first-order valence-corrected chi connectivity index (χ1v) is 8.29. The summed E-state index contributed by atoms with van der Waals surface area (Å²) in [7, 11) is 2.20. The van der Waals surface area contributed by atoms with Crippen molar-refractivity contribution < 1.29 is 0 Å². The number of nitrogens with one attached hydrogen (secondary N) is 2. The van der Waals surface area contributed by atoms with Crippen LogP contribution in [0.25, 0.3) is 0 Å². The minimum atomic E-state index is 0.823. The summed E-state index contributed by atoms with van der Waals surface area (Å²) in [5, 5.41) is 7.02. The third-order valence-electron chi connectivity index (χ3n) is 4.79. The predicted octanol–water partition coefficient (Wildman–Crippen LogP) is 1.85. The Kier molecular flexibility index (Phi) is 4.99. The number of benzene rings is 1. The first kappa shape index (κ1) is 14.7. The molecule has 2 aliphatic heterocycles. The van der Waals surface area contributed by atoms with Gasteiger partial charge in [-0.1, -0.05) is 0 Å². The second kappa shape index (κ2) is 7.14. The van der Waals surface area contributed by atoms with Crippen molar-refractivity contribution in [2.75, 3.05) is 63.1 Å². The van der Waals surface area contributed by atoms with Crippen molar-refractivity contribution in [3.8, 4) is 0 Å². The summed E-state index contributed by atoms with van der Waals surface area (Å²) in [5.41, 5.74) is 2.61. The Morgan fingerprint density at radius 1 is 1.05 bits per heavy atom. The summed E-state index contributed by atoms with van der Waals surface area (Å²) >= 11 is 0. The van der Waals surface area contributed by atoms with Gasteiger partial charge in [0, 0.05) is 44.1 Å². The van der Waals surface area contributed by atoms with Crippen LogP contribution in [0.5, 0.6) is 0 Å². The Labute approximate surface area is 128 Å². The van der Waals surface area contributed by atoms with Crippen molar-refractivity contribution in [1.29, 1.82) is 0 Å². The molecular formula is C17H28N4. The van der Waals surface area contributed by atoms with Crippen molar-refractivity contribution in [2.24, 2.45) is 5.92 Å². The van der Waals surface area contributed by atoms with E-state index in [-0.39, 0.29) is 0 Å².